The number of hydrogen-bond donors (Lipinski definition) is 0. The quantitative estimate of drug-likeness (QED) is 0.0965. The summed E-state index contributed by atoms with van der Waals surface area (Å²) >= 11 is 21.1. The molecule has 160 valence electrons. The van der Waals surface area contributed by atoms with Crippen LogP contribution >= 0.6 is 139 Å². The number of halogens is 2. The number of hydrogen-bond acceptors (Lipinski definition) is 8. The van der Waals surface area contributed by atoms with Crippen LogP contribution in [0.2, 0.25) is 0 Å². The molecule has 0 amide bonds. The molecule has 0 saturated heterocycles. The highest BCUT2D eigenvalue weighted by molar-refractivity contribution is 14.1. The van der Waals surface area contributed by atoms with Crippen LogP contribution < -0.4 is 0 Å². The van der Waals surface area contributed by atoms with Gasteiger partial charge in [0.1, 0.15) is 0 Å². The summed E-state index contributed by atoms with van der Waals surface area (Å²) < 4.78 is 11.7. The molecule has 0 atom stereocenters. The van der Waals surface area contributed by atoms with Crippen LogP contribution in [0.15, 0.2) is 25.4 Å². The summed E-state index contributed by atoms with van der Waals surface area (Å²) in [5.41, 5.74) is 0. The molecule has 2 rings (SSSR count). The molecular formula is C18H26I2S8. The Morgan fingerprint density at radius 1 is 0.571 bits per heavy atom. The first-order chi connectivity index (χ1) is 13.7. The van der Waals surface area contributed by atoms with Crippen LogP contribution in [0, 0.1) is 0 Å². The fourth-order valence-corrected chi connectivity index (χ4v) is 14.6. The van der Waals surface area contributed by atoms with E-state index in [0.29, 0.717) is 0 Å². The number of thioether (sulfide) groups is 8. The lowest BCUT2D eigenvalue weighted by molar-refractivity contribution is 0.793. The van der Waals surface area contributed by atoms with Crippen LogP contribution in [0.1, 0.15) is 38.5 Å². The minimum absolute atomic E-state index is 1.26. The average Bonchev–Trinajstić information content (AvgIpc) is 3.31. The Balaban J connectivity index is 1.87. The van der Waals surface area contributed by atoms with E-state index in [-0.39, 0.29) is 0 Å². The summed E-state index contributed by atoms with van der Waals surface area (Å²) in [6, 6.07) is 0. The van der Waals surface area contributed by atoms with Gasteiger partial charge in [-0.1, -0.05) is 105 Å². The predicted octanol–water partition coefficient (Wildman–Crippen LogP) is 10.7. The van der Waals surface area contributed by atoms with Gasteiger partial charge in [0, 0.05) is 0 Å². The highest BCUT2D eigenvalue weighted by Gasteiger charge is 2.29. The van der Waals surface area contributed by atoms with Crippen LogP contribution in [0.5, 0.6) is 0 Å². The summed E-state index contributed by atoms with van der Waals surface area (Å²) in [5.74, 6) is 2.53. The van der Waals surface area contributed by atoms with Crippen LogP contribution in [0.4, 0.5) is 0 Å². The SMILES string of the molecule is CSC1=C(SCCCCCI)S/C(=C2/SC(SC)=C(SCCCCCI)S2)S1. The molecule has 2 aliphatic rings. The molecule has 0 nitrogen and oxygen atoms in total. The van der Waals surface area contributed by atoms with Crippen LogP contribution in [0.3, 0.4) is 0 Å². The number of unbranched alkanes of at least 4 members (excludes halogenated alkanes) is 4. The van der Waals surface area contributed by atoms with Gasteiger partial charge in [-0.2, -0.15) is 0 Å². The van der Waals surface area contributed by atoms with E-state index < -0.39 is 0 Å². The maximum Gasteiger partial charge on any atom is 0.0717 e. The van der Waals surface area contributed by atoms with Crippen molar-refractivity contribution in [2.75, 3.05) is 32.9 Å². The van der Waals surface area contributed by atoms with E-state index in [2.05, 4.69) is 81.2 Å². The highest BCUT2D eigenvalue weighted by Crippen LogP contribution is 2.65. The van der Waals surface area contributed by atoms with Gasteiger partial charge in [0.15, 0.2) is 0 Å². The lowest BCUT2D eigenvalue weighted by Crippen LogP contribution is -1.82. The molecule has 0 aromatic rings. The molecule has 0 unspecified atom stereocenters. The van der Waals surface area contributed by atoms with Gasteiger partial charge < -0.3 is 0 Å². The first-order valence-corrected chi connectivity index (χ1v) is 19.9. The molecule has 0 aliphatic carbocycles. The van der Waals surface area contributed by atoms with Gasteiger partial charge in [0.05, 0.1) is 25.4 Å². The van der Waals surface area contributed by atoms with Crippen molar-refractivity contribution >= 4 is 139 Å². The Bertz CT molecular complexity index is 538. The zero-order chi connectivity index (χ0) is 20.2. The minimum atomic E-state index is 1.26. The Labute approximate surface area is 232 Å². The maximum atomic E-state index is 2.49. The Morgan fingerprint density at radius 3 is 1.32 bits per heavy atom. The van der Waals surface area contributed by atoms with Gasteiger partial charge >= 0.3 is 0 Å². The van der Waals surface area contributed by atoms with E-state index in [0.717, 1.165) is 0 Å². The van der Waals surface area contributed by atoms with E-state index in [1.807, 2.05) is 70.6 Å². The molecule has 2 heterocycles. The fraction of sp³-hybridized carbons (Fsp3) is 0.667. The molecule has 0 fully saturated rings. The Morgan fingerprint density at radius 2 is 0.964 bits per heavy atom. The molecule has 28 heavy (non-hydrogen) atoms. The van der Waals surface area contributed by atoms with Crippen molar-refractivity contribution in [1.82, 2.24) is 0 Å². The lowest BCUT2D eigenvalue weighted by atomic mass is 10.3. The summed E-state index contributed by atoms with van der Waals surface area (Å²) in [6.45, 7) is 0. The van der Waals surface area contributed by atoms with Crippen molar-refractivity contribution < 1.29 is 0 Å². The van der Waals surface area contributed by atoms with Gasteiger partial charge in [0.25, 0.3) is 0 Å². The van der Waals surface area contributed by atoms with Crippen molar-refractivity contribution in [2.24, 2.45) is 0 Å². The smallest absolute Gasteiger partial charge is 0.0717 e. The van der Waals surface area contributed by atoms with Crippen molar-refractivity contribution in [3.63, 3.8) is 0 Å². The van der Waals surface area contributed by atoms with E-state index in [4.69, 9.17) is 0 Å². The van der Waals surface area contributed by atoms with Crippen molar-refractivity contribution in [3.8, 4) is 0 Å². The standard InChI is InChI=1S/C18H26I2S8/c1-21-13-15(23-11-7-3-5-9-19)27-17(25-13)18-26-14(22-2)16(28-18)24-12-8-4-6-10-20/h3-12H2,1-2H3/b18-17-. The van der Waals surface area contributed by atoms with Crippen LogP contribution in [0.25, 0.3) is 0 Å². The largest absolute Gasteiger partial charge is 0.121 e. The average molecular weight is 753 g/mol. The minimum Gasteiger partial charge on any atom is -0.121 e. The summed E-state index contributed by atoms with van der Waals surface area (Å²) in [7, 11) is 0. The van der Waals surface area contributed by atoms with Gasteiger partial charge in [0.2, 0.25) is 0 Å². The van der Waals surface area contributed by atoms with Gasteiger partial charge in [-0.05, 0) is 58.6 Å². The van der Waals surface area contributed by atoms with Crippen molar-refractivity contribution in [2.45, 2.75) is 38.5 Å². The topological polar surface area (TPSA) is 0 Å². The Hall–Kier alpha value is 3.48. The fourth-order valence-electron chi connectivity index (χ4n) is 2.21. The second kappa shape index (κ2) is 17.0. The van der Waals surface area contributed by atoms with E-state index in [1.165, 1.54) is 75.8 Å². The lowest BCUT2D eigenvalue weighted by Gasteiger charge is -2.04. The number of alkyl halides is 2. The van der Waals surface area contributed by atoms with E-state index in [1.54, 1.807) is 8.47 Å². The monoisotopic (exact) mass is 752 g/mol. The summed E-state index contributed by atoms with van der Waals surface area (Å²) in [5, 5.41) is 0. The van der Waals surface area contributed by atoms with Crippen molar-refractivity contribution in [3.05, 3.63) is 25.4 Å². The zero-order valence-electron chi connectivity index (χ0n) is 16.1. The normalized spacial score (nSPS) is 20.1. The molecule has 2 aliphatic heterocycles. The van der Waals surface area contributed by atoms with Gasteiger partial charge in [-0.15, -0.1) is 47.0 Å². The zero-order valence-corrected chi connectivity index (χ0v) is 26.9. The number of rotatable bonds is 14. The second-order valence-corrected chi connectivity index (χ2v) is 17.4. The maximum absolute atomic E-state index is 2.49. The molecule has 0 radical (unpaired) electrons. The van der Waals surface area contributed by atoms with Gasteiger partial charge in [-0.25, -0.2) is 0 Å². The van der Waals surface area contributed by atoms with Crippen LogP contribution in [-0.4, -0.2) is 32.9 Å². The van der Waals surface area contributed by atoms with Crippen LogP contribution in [-0.2, 0) is 0 Å². The summed E-state index contributed by atoms with van der Waals surface area (Å²) in [6.07, 6.45) is 12.6. The molecule has 0 spiro atoms. The molecule has 0 bridgehead atoms. The molecule has 10 heteroatoms. The third-order valence-electron chi connectivity index (χ3n) is 3.63. The molecular weight excluding hydrogens is 727 g/mol. The van der Waals surface area contributed by atoms with E-state index in [9.17, 15) is 0 Å². The van der Waals surface area contributed by atoms with Gasteiger partial charge in [-0.3, -0.25) is 0 Å². The highest BCUT2D eigenvalue weighted by atomic mass is 127. The first-order valence-electron chi connectivity index (χ1n) is 9.13. The predicted molar refractivity (Wildman–Crippen MR) is 169 cm³/mol. The third kappa shape index (κ3) is 9.77. The summed E-state index contributed by atoms with van der Waals surface area (Å²) in [4.78, 5) is 0. The Kier molecular flexibility index (Phi) is 16.8. The molecule has 0 N–H and O–H groups in total. The first kappa shape index (κ1) is 27.7. The third-order valence-corrected chi connectivity index (χ3v) is 16.6. The van der Waals surface area contributed by atoms with E-state index >= 15 is 0 Å². The van der Waals surface area contributed by atoms with Crippen molar-refractivity contribution in [1.29, 1.82) is 0 Å². The second-order valence-electron chi connectivity index (χ2n) is 5.74. The molecule has 0 aromatic heterocycles. The molecule has 0 aromatic carbocycles. The molecule has 0 saturated carbocycles.